The highest BCUT2D eigenvalue weighted by atomic mass is 19.4. The highest BCUT2D eigenvalue weighted by Crippen LogP contribution is 2.51. The van der Waals surface area contributed by atoms with Crippen LogP contribution in [0.4, 0.5) is 18.0 Å². The molecule has 0 radical (unpaired) electrons. The minimum Gasteiger partial charge on any atom is -0.475 e. The van der Waals surface area contributed by atoms with Crippen molar-refractivity contribution in [1.82, 2.24) is 15.0 Å². The van der Waals surface area contributed by atoms with E-state index in [1.165, 1.54) is 23.1 Å². The Morgan fingerprint density at radius 3 is 2.23 bits per heavy atom. The highest BCUT2D eigenvalue weighted by molar-refractivity contribution is 5.83. The molecule has 39 heavy (non-hydrogen) atoms. The van der Waals surface area contributed by atoms with Crippen LogP contribution in [0.25, 0.3) is 11.5 Å². The second-order valence-corrected chi connectivity index (χ2v) is 10.5. The number of rotatable bonds is 6. The summed E-state index contributed by atoms with van der Waals surface area (Å²) in [7, 11) is 0. The van der Waals surface area contributed by atoms with E-state index in [4.69, 9.17) is 14.4 Å². The third-order valence-corrected chi connectivity index (χ3v) is 6.26. The van der Waals surface area contributed by atoms with E-state index in [1.54, 1.807) is 45.9 Å². The number of aromatic nitrogens is 2. The Balaban J connectivity index is 1.75. The summed E-state index contributed by atoms with van der Waals surface area (Å²) >= 11 is 0. The number of carbonyl (C=O) groups is 2. The van der Waals surface area contributed by atoms with Crippen molar-refractivity contribution < 1.29 is 47.0 Å². The van der Waals surface area contributed by atoms with Gasteiger partial charge in [-0.05, 0) is 61.3 Å². The first-order valence-corrected chi connectivity index (χ1v) is 11.8. The number of alkyl halides is 3. The zero-order valence-corrected chi connectivity index (χ0v) is 21.4. The van der Waals surface area contributed by atoms with Crippen molar-refractivity contribution in [1.29, 1.82) is 0 Å². The molecule has 1 saturated heterocycles. The lowest BCUT2D eigenvalue weighted by Crippen LogP contribution is -2.66. The number of nitrogens with zero attached hydrogens (tertiary/aromatic N) is 3. The van der Waals surface area contributed by atoms with Gasteiger partial charge in [0.15, 0.2) is 0 Å². The first-order chi connectivity index (χ1) is 18.0. The van der Waals surface area contributed by atoms with Gasteiger partial charge in [-0.15, -0.1) is 13.2 Å². The van der Waals surface area contributed by atoms with Gasteiger partial charge in [-0.25, -0.2) is 9.59 Å². The van der Waals surface area contributed by atoms with Crippen LogP contribution in [0.2, 0.25) is 0 Å². The molecule has 0 saturated carbocycles. The molecular formula is C26H26F3N3O7. The number of likely N-dealkylation sites (tertiary alicyclic amines) is 1. The molecule has 1 aromatic heterocycles. The summed E-state index contributed by atoms with van der Waals surface area (Å²) in [6.07, 6.45) is -5.46. The summed E-state index contributed by atoms with van der Waals surface area (Å²) in [5.74, 6) is -2.52. The average Bonchev–Trinajstić information content (AvgIpc) is 3.31. The molecule has 2 aromatic carbocycles. The molecule has 2 N–H and O–H groups in total. The molecule has 13 heteroatoms. The van der Waals surface area contributed by atoms with E-state index in [-0.39, 0.29) is 24.5 Å². The minimum atomic E-state index is -4.89. The third-order valence-electron chi connectivity index (χ3n) is 6.26. The Kier molecular flexibility index (Phi) is 6.84. The van der Waals surface area contributed by atoms with Crippen molar-refractivity contribution >= 4 is 12.1 Å². The molecule has 1 atom stereocenters. The largest absolute Gasteiger partial charge is 0.573 e. The van der Waals surface area contributed by atoms with E-state index >= 15 is 0 Å². The maximum absolute atomic E-state index is 12.7. The van der Waals surface area contributed by atoms with Crippen molar-refractivity contribution in [3.05, 3.63) is 65.5 Å². The molecule has 3 aromatic rings. The summed E-state index contributed by atoms with van der Waals surface area (Å²) in [5.41, 5.74) is -2.76. The molecule has 4 rings (SSSR count). The van der Waals surface area contributed by atoms with Crippen molar-refractivity contribution in [2.24, 2.45) is 5.41 Å². The van der Waals surface area contributed by atoms with Gasteiger partial charge >= 0.3 is 18.4 Å². The van der Waals surface area contributed by atoms with Crippen LogP contribution in [0.3, 0.4) is 0 Å². The molecule has 1 aliphatic rings. The van der Waals surface area contributed by atoms with Crippen LogP contribution in [0, 0.1) is 5.41 Å². The number of hydrogen-bond donors (Lipinski definition) is 2. The predicted octanol–water partition coefficient (Wildman–Crippen LogP) is 4.83. The van der Waals surface area contributed by atoms with Crippen LogP contribution in [-0.2, 0) is 10.3 Å². The van der Waals surface area contributed by atoms with Crippen molar-refractivity contribution in [3.8, 4) is 17.2 Å². The van der Waals surface area contributed by atoms with Crippen LogP contribution in [0.5, 0.6) is 5.75 Å². The lowest BCUT2D eigenvalue weighted by atomic mass is 9.62. The minimum absolute atomic E-state index is 0.0627. The number of carboxylic acids is 1. The van der Waals surface area contributed by atoms with Crippen LogP contribution >= 0.6 is 0 Å². The van der Waals surface area contributed by atoms with E-state index in [1.807, 2.05) is 0 Å². The fourth-order valence-corrected chi connectivity index (χ4v) is 4.55. The standard InChI is InChI=1S/C26H26F3N3O7/c1-23(2,3)38-22(35)32-13-24(4,14-32)25(36,16-8-10-18(11-9-16)37-26(27,28)29)17-7-5-6-15(12-17)20-30-19(21(33)34)31-39-20/h5-12,36H,13-14H2,1-4H3,(H,33,34)/t25-/m0/s1. The molecule has 0 bridgehead atoms. The number of amides is 1. The van der Waals surface area contributed by atoms with Gasteiger partial charge in [0.1, 0.15) is 17.0 Å². The molecule has 2 heterocycles. The van der Waals surface area contributed by atoms with Gasteiger partial charge in [0, 0.05) is 24.1 Å². The van der Waals surface area contributed by atoms with Crippen LogP contribution in [0.15, 0.2) is 53.1 Å². The van der Waals surface area contributed by atoms with Gasteiger partial charge in [-0.1, -0.05) is 31.2 Å². The number of ether oxygens (including phenoxy) is 2. The topological polar surface area (TPSA) is 135 Å². The zero-order chi connectivity index (χ0) is 28.8. The number of halogens is 3. The lowest BCUT2D eigenvalue weighted by molar-refractivity contribution is -0.274. The molecule has 0 spiro atoms. The number of aliphatic hydroxyl groups is 1. The van der Waals surface area contributed by atoms with Gasteiger partial charge in [0.05, 0.1) is 0 Å². The van der Waals surface area contributed by atoms with Crippen LogP contribution in [0.1, 0.15) is 49.4 Å². The Hall–Kier alpha value is -4.13. The van der Waals surface area contributed by atoms with E-state index in [0.717, 1.165) is 12.1 Å². The van der Waals surface area contributed by atoms with Crippen LogP contribution < -0.4 is 4.74 Å². The maximum Gasteiger partial charge on any atom is 0.573 e. The normalized spacial score (nSPS) is 16.7. The summed E-state index contributed by atoms with van der Waals surface area (Å²) in [5, 5.41) is 24.9. The predicted molar refractivity (Wildman–Crippen MR) is 129 cm³/mol. The number of benzene rings is 2. The molecule has 208 valence electrons. The van der Waals surface area contributed by atoms with Gasteiger partial charge in [-0.3, -0.25) is 0 Å². The number of carbonyl (C=O) groups excluding carboxylic acids is 1. The van der Waals surface area contributed by atoms with E-state index in [2.05, 4.69) is 14.9 Å². The van der Waals surface area contributed by atoms with Crippen molar-refractivity contribution in [2.75, 3.05) is 13.1 Å². The van der Waals surface area contributed by atoms with Gasteiger partial charge in [0.2, 0.25) is 0 Å². The summed E-state index contributed by atoms with van der Waals surface area (Å²) < 4.78 is 52.6. The second-order valence-electron chi connectivity index (χ2n) is 10.5. The quantitative estimate of drug-likeness (QED) is 0.443. The molecule has 10 nitrogen and oxygen atoms in total. The summed E-state index contributed by atoms with van der Waals surface area (Å²) in [6, 6.07) is 11.0. The number of aromatic carboxylic acids is 1. The SMILES string of the molecule is CC(C)(C)OC(=O)N1CC(C)([C@](O)(c2ccc(OC(F)(F)F)cc2)c2cccc(-c3nc(C(=O)O)no3)c2)C1. The first kappa shape index (κ1) is 27.9. The maximum atomic E-state index is 12.7. The third kappa shape index (κ3) is 5.67. The molecule has 1 amide bonds. The van der Waals surface area contributed by atoms with Crippen molar-refractivity contribution in [2.45, 2.75) is 45.3 Å². The fourth-order valence-electron chi connectivity index (χ4n) is 4.55. The lowest BCUT2D eigenvalue weighted by Gasteiger charge is -2.56. The van der Waals surface area contributed by atoms with E-state index in [0.29, 0.717) is 11.1 Å². The molecule has 1 fully saturated rings. The molecule has 0 aliphatic carbocycles. The monoisotopic (exact) mass is 549 g/mol. The first-order valence-electron chi connectivity index (χ1n) is 11.8. The molecule has 0 unspecified atom stereocenters. The van der Waals surface area contributed by atoms with Crippen LogP contribution in [-0.4, -0.2) is 62.4 Å². The Morgan fingerprint density at radius 1 is 1.05 bits per heavy atom. The number of carboxylic acid groups (broad SMARTS) is 1. The molecular weight excluding hydrogens is 523 g/mol. The van der Waals surface area contributed by atoms with Gasteiger partial charge in [-0.2, -0.15) is 4.98 Å². The zero-order valence-electron chi connectivity index (χ0n) is 21.4. The fraction of sp³-hybridized carbons (Fsp3) is 0.385. The number of hydrogen-bond acceptors (Lipinski definition) is 8. The summed E-state index contributed by atoms with van der Waals surface area (Å²) in [4.78, 5) is 29.1. The highest BCUT2D eigenvalue weighted by Gasteiger charge is 2.58. The molecule has 1 aliphatic heterocycles. The van der Waals surface area contributed by atoms with Gasteiger partial charge < -0.3 is 29.1 Å². The Morgan fingerprint density at radius 2 is 1.69 bits per heavy atom. The van der Waals surface area contributed by atoms with E-state index < -0.39 is 46.6 Å². The average molecular weight is 550 g/mol. The van der Waals surface area contributed by atoms with Crippen molar-refractivity contribution in [3.63, 3.8) is 0 Å². The Bertz CT molecular complexity index is 1380. The van der Waals surface area contributed by atoms with Gasteiger partial charge in [0.25, 0.3) is 11.7 Å². The smallest absolute Gasteiger partial charge is 0.475 e. The van der Waals surface area contributed by atoms with E-state index in [9.17, 15) is 27.9 Å². The second kappa shape index (κ2) is 9.56. The Labute approximate surface area is 220 Å². The summed E-state index contributed by atoms with van der Waals surface area (Å²) in [6.45, 7) is 7.03.